The maximum absolute atomic E-state index is 13.1. The van der Waals surface area contributed by atoms with Crippen molar-refractivity contribution >= 4 is 15.9 Å². The molecule has 1 aromatic carbocycles. The van der Waals surface area contributed by atoms with Crippen molar-refractivity contribution in [2.45, 2.75) is 19.1 Å². The van der Waals surface area contributed by atoms with Crippen LogP contribution in [0.3, 0.4) is 0 Å². The molecule has 19 heavy (non-hydrogen) atoms. The lowest BCUT2D eigenvalue weighted by atomic mass is 9.99. The van der Waals surface area contributed by atoms with Crippen LogP contribution in [0.15, 0.2) is 22.7 Å². The molecular formula is C13H16BrF3N2. The van der Waals surface area contributed by atoms with Gasteiger partial charge >= 0.3 is 6.18 Å². The lowest BCUT2D eigenvalue weighted by Gasteiger charge is -2.34. The molecular weight excluding hydrogens is 321 g/mol. The molecule has 0 aliphatic carbocycles. The Labute approximate surface area is 119 Å². The summed E-state index contributed by atoms with van der Waals surface area (Å²) in [6.07, 6.45) is -4.32. The predicted octanol–water partition coefficient (Wildman–Crippen LogP) is 3.43. The Bertz CT molecular complexity index is 442. The average molecular weight is 337 g/mol. The minimum atomic E-state index is -4.32. The first-order valence-corrected chi connectivity index (χ1v) is 7.00. The number of nitrogens with zero attached hydrogens (tertiary/aromatic N) is 1. The lowest BCUT2D eigenvalue weighted by Crippen LogP contribution is -2.44. The van der Waals surface area contributed by atoms with Crippen molar-refractivity contribution in [3.05, 3.63) is 33.8 Å². The van der Waals surface area contributed by atoms with E-state index in [0.717, 1.165) is 32.2 Å². The molecule has 1 fully saturated rings. The van der Waals surface area contributed by atoms with Gasteiger partial charge < -0.3 is 5.32 Å². The lowest BCUT2D eigenvalue weighted by molar-refractivity contribution is -0.138. The molecule has 0 aromatic heterocycles. The highest BCUT2D eigenvalue weighted by molar-refractivity contribution is 9.10. The van der Waals surface area contributed by atoms with Gasteiger partial charge in [0.2, 0.25) is 0 Å². The normalized spacial score (nSPS) is 19.4. The highest BCUT2D eigenvalue weighted by Gasteiger charge is 2.35. The fraction of sp³-hybridized carbons (Fsp3) is 0.538. The quantitative estimate of drug-likeness (QED) is 0.890. The van der Waals surface area contributed by atoms with Crippen molar-refractivity contribution in [2.24, 2.45) is 0 Å². The summed E-state index contributed by atoms with van der Waals surface area (Å²) in [5, 5.41) is 3.20. The number of halogens is 4. The summed E-state index contributed by atoms with van der Waals surface area (Å²) in [5.41, 5.74) is -0.203. The van der Waals surface area contributed by atoms with E-state index >= 15 is 0 Å². The highest BCUT2D eigenvalue weighted by atomic mass is 79.9. The van der Waals surface area contributed by atoms with Crippen molar-refractivity contribution in [3.8, 4) is 0 Å². The monoisotopic (exact) mass is 336 g/mol. The zero-order chi connectivity index (χ0) is 14.0. The van der Waals surface area contributed by atoms with Crippen LogP contribution in [-0.4, -0.2) is 31.1 Å². The molecule has 0 radical (unpaired) electrons. The van der Waals surface area contributed by atoms with Gasteiger partial charge in [-0.05, 0) is 24.6 Å². The molecule has 0 spiro atoms. The molecule has 1 aliphatic heterocycles. The van der Waals surface area contributed by atoms with Gasteiger partial charge in [0, 0.05) is 36.7 Å². The number of alkyl halides is 3. The molecule has 2 nitrogen and oxygen atoms in total. The van der Waals surface area contributed by atoms with Gasteiger partial charge in [0.1, 0.15) is 0 Å². The van der Waals surface area contributed by atoms with Crippen LogP contribution in [0.2, 0.25) is 0 Å². The van der Waals surface area contributed by atoms with Crippen molar-refractivity contribution < 1.29 is 13.2 Å². The van der Waals surface area contributed by atoms with E-state index in [4.69, 9.17) is 0 Å². The smallest absolute Gasteiger partial charge is 0.314 e. The SMILES string of the molecule is CC(c1ccc(Br)cc1C(F)(F)F)N1CCNCC1. The van der Waals surface area contributed by atoms with Gasteiger partial charge in [-0.25, -0.2) is 0 Å². The van der Waals surface area contributed by atoms with Crippen LogP contribution in [-0.2, 0) is 6.18 Å². The van der Waals surface area contributed by atoms with Gasteiger partial charge in [-0.15, -0.1) is 0 Å². The van der Waals surface area contributed by atoms with E-state index in [1.165, 1.54) is 0 Å². The third-order valence-electron chi connectivity index (χ3n) is 3.47. The molecule has 6 heteroatoms. The number of rotatable bonds is 2. The molecule has 1 atom stereocenters. The zero-order valence-electron chi connectivity index (χ0n) is 10.6. The third kappa shape index (κ3) is 3.49. The van der Waals surface area contributed by atoms with Crippen LogP contribution < -0.4 is 5.32 Å². The molecule has 0 amide bonds. The Hall–Kier alpha value is -0.590. The molecule has 106 valence electrons. The fourth-order valence-corrected chi connectivity index (χ4v) is 2.77. The molecule has 1 saturated heterocycles. The summed E-state index contributed by atoms with van der Waals surface area (Å²) in [7, 11) is 0. The predicted molar refractivity (Wildman–Crippen MR) is 72.0 cm³/mol. The van der Waals surface area contributed by atoms with Gasteiger partial charge in [-0.2, -0.15) is 13.2 Å². The minimum absolute atomic E-state index is 0.230. The Balaban J connectivity index is 2.32. The summed E-state index contributed by atoms with van der Waals surface area (Å²) in [5.74, 6) is 0. The molecule has 1 unspecified atom stereocenters. The third-order valence-corrected chi connectivity index (χ3v) is 3.96. The molecule has 1 N–H and O–H groups in total. The highest BCUT2D eigenvalue weighted by Crippen LogP contribution is 2.37. The fourth-order valence-electron chi connectivity index (χ4n) is 2.40. The molecule has 2 rings (SSSR count). The van der Waals surface area contributed by atoms with Gasteiger partial charge in [0.15, 0.2) is 0 Å². The Morgan fingerprint density at radius 2 is 1.89 bits per heavy atom. The van der Waals surface area contributed by atoms with E-state index in [1.54, 1.807) is 12.1 Å². The summed E-state index contributed by atoms with van der Waals surface area (Å²) in [6, 6.07) is 4.17. The first-order valence-electron chi connectivity index (χ1n) is 6.21. The van der Waals surface area contributed by atoms with Crippen LogP contribution in [0.4, 0.5) is 13.2 Å². The van der Waals surface area contributed by atoms with E-state index in [-0.39, 0.29) is 6.04 Å². The van der Waals surface area contributed by atoms with Crippen LogP contribution >= 0.6 is 15.9 Å². The van der Waals surface area contributed by atoms with Gasteiger partial charge in [-0.3, -0.25) is 4.90 Å². The topological polar surface area (TPSA) is 15.3 Å². The second-order valence-corrected chi connectivity index (χ2v) is 5.61. The molecule has 0 saturated carbocycles. The number of benzene rings is 1. The van der Waals surface area contributed by atoms with E-state index in [0.29, 0.717) is 10.0 Å². The summed E-state index contributed by atoms with van der Waals surface area (Å²) in [4.78, 5) is 2.08. The van der Waals surface area contributed by atoms with Gasteiger partial charge in [0.05, 0.1) is 5.56 Å². The summed E-state index contributed by atoms with van der Waals surface area (Å²) < 4.78 is 39.8. The Morgan fingerprint density at radius 3 is 2.47 bits per heavy atom. The second-order valence-electron chi connectivity index (χ2n) is 4.69. The molecule has 1 aliphatic rings. The first-order chi connectivity index (χ1) is 8.89. The van der Waals surface area contributed by atoms with Crippen LogP contribution in [0.25, 0.3) is 0 Å². The zero-order valence-corrected chi connectivity index (χ0v) is 12.2. The number of hydrogen-bond acceptors (Lipinski definition) is 2. The van der Waals surface area contributed by atoms with Crippen molar-refractivity contribution in [1.29, 1.82) is 0 Å². The van der Waals surface area contributed by atoms with Crippen molar-refractivity contribution in [1.82, 2.24) is 10.2 Å². The van der Waals surface area contributed by atoms with E-state index in [9.17, 15) is 13.2 Å². The maximum Gasteiger partial charge on any atom is 0.416 e. The Kier molecular flexibility index (Phi) is 4.53. The largest absolute Gasteiger partial charge is 0.416 e. The van der Waals surface area contributed by atoms with Crippen LogP contribution in [0.1, 0.15) is 24.1 Å². The Morgan fingerprint density at radius 1 is 1.26 bits per heavy atom. The minimum Gasteiger partial charge on any atom is -0.314 e. The van der Waals surface area contributed by atoms with E-state index < -0.39 is 11.7 Å². The van der Waals surface area contributed by atoms with Crippen LogP contribution in [0.5, 0.6) is 0 Å². The number of piperazine rings is 1. The number of hydrogen-bond donors (Lipinski definition) is 1. The van der Waals surface area contributed by atoms with Crippen molar-refractivity contribution in [2.75, 3.05) is 26.2 Å². The molecule has 0 bridgehead atoms. The standard InChI is InChI=1S/C13H16BrF3N2/c1-9(19-6-4-18-5-7-19)11-3-2-10(14)8-12(11)13(15,16)17/h2-3,8-9,18H,4-7H2,1H3. The summed E-state index contributed by atoms with van der Waals surface area (Å²) in [6.45, 7) is 5.03. The molecule has 1 heterocycles. The molecule has 1 aromatic rings. The van der Waals surface area contributed by atoms with Crippen molar-refractivity contribution in [3.63, 3.8) is 0 Å². The average Bonchev–Trinajstić information content (AvgIpc) is 2.38. The van der Waals surface area contributed by atoms with E-state index in [2.05, 4.69) is 26.1 Å². The second kappa shape index (κ2) is 5.81. The van der Waals surface area contributed by atoms with E-state index in [1.807, 2.05) is 6.92 Å². The number of nitrogens with one attached hydrogen (secondary N) is 1. The summed E-state index contributed by atoms with van der Waals surface area (Å²) >= 11 is 3.11. The van der Waals surface area contributed by atoms with Gasteiger partial charge in [0.25, 0.3) is 0 Å². The maximum atomic E-state index is 13.1. The van der Waals surface area contributed by atoms with Crippen LogP contribution in [0, 0.1) is 0 Å². The van der Waals surface area contributed by atoms with Gasteiger partial charge in [-0.1, -0.05) is 22.0 Å². The first kappa shape index (κ1) is 14.8.